The molecular weight excluding hydrogens is 212 g/mol. The summed E-state index contributed by atoms with van der Waals surface area (Å²) in [5, 5.41) is 3.67. The van der Waals surface area contributed by atoms with E-state index in [9.17, 15) is 0 Å². The van der Waals surface area contributed by atoms with Gasteiger partial charge in [0.15, 0.2) is 0 Å². The molecule has 0 amide bonds. The Labute approximate surface area is 103 Å². The van der Waals surface area contributed by atoms with Crippen molar-refractivity contribution < 1.29 is 0 Å². The molecule has 17 heavy (non-hydrogen) atoms. The van der Waals surface area contributed by atoms with Gasteiger partial charge in [-0.15, -0.1) is 0 Å². The van der Waals surface area contributed by atoms with Crippen molar-refractivity contribution in [3.05, 3.63) is 18.2 Å². The van der Waals surface area contributed by atoms with Gasteiger partial charge in [0, 0.05) is 30.5 Å². The van der Waals surface area contributed by atoms with Crippen LogP contribution in [0.2, 0.25) is 0 Å². The maximum atomic E-state index is 4.11. The van der Waals surface area contributed by atoms with Crippen LogP contribution in [0.15, 0.2) is 12.5 Å². The van der Waals surface area contributed by atoms with Crippen molar-refractivity contribution >= 4 is 0 Å². The molecule has 4 nitrogen and oxygen atoms in total. The second kappa shape index (κ2) is 5.19. The largest absolute Gasteiger partial charge is 0.347 e. The number of piperidine rings is 1. The van der Waals surface area contributed by atoms with Gasteiger partial charge in [-0.1, -0.05) is 6.42 Å². The fourth-order valence-electron chi connectivity index (χ4n) is 3.30. The number of hydrogen-bond donors (Lipinski definition) is 2. The maximum absolute atomic E-state index is 4.11. The van der Waals surface area contributed by atoms with E-state index in [4.69, 9.17) is 0 Å². The van der Waals surface area contributed by atoms with Crippen molar-refractivity contribution in [2.24, 2.45) is 0 Å². The number of aromatic amines is 1. The van der Waals surface area contributed by atoms with E-state index in [0.717, 1.165) is 18.6 Å². The fourth-order valence-corrected chi connectivity index (χ4v) is 3.30. The lowest BCUT2D eigenvalue weighted by Gasteiger charge is -2.39. The summed E-state index contributed by atoms with van der Waals surface area (Å²) in [4.78, 5) is 9.97. The zero-order valence-electron chi connectivity index (χ0n) is 10.4. The van der Waals surface area contributed by atoms with Gasteiger partial charge in [0.25, 0.3) is 0 Å². The number of H-pyrrole nitrogens is 1. The van der Waals surface area contributed by atoms with Crippen LogP contribution in [0.5, 0.6) is 0 Å². The molecule has 2 aliphatic heterocycles. The molecule has 2 unspecified atom stereocenters. The van der Waals surface area contributed by atoms with Gasteiger partial charge in [-0.05, 0) is 38.8 Å². The van der Waals surface area contributed by atoms with Gasteiger partial charge in [0.2, 0.25) is 0 Å². The molecule has 0 saturated carbocycles. The number of hydrogen-bond acceptors (Lipinski definition) is 3. The second-order valence-corrected chi connectivity index (χ2v) is 5.31. The molecule has 4 heteroatoms. The Balaban J connectivity index is 1.66. The van der Waals surface area contributed by atoms with E-state index in [1.807, 2.05) is 6.20 Å². The summed E-state index contributed by atoms with van der Waals surface area (Å²) in [6.45, 7) is 3.48. The molecule has 94 valence electrons. The zero-order valence-corrected chi connectivity index (χ0v) is 10.4. The average molecular weight is 234 g/mol. The molecule has 2 saturated heterocycles. The van der Waals surface area contributed by atoms with Crippen LogP contribution in [-0.2, 0) is 6.54 Å². The Bertz CT molecular complexity index is 329. The molecule has 3 rings (SSSR count). The lowest BCUT2D eigenvalue weighted by molar-refractivity contribution is 0.111. The molecule has 0 spiro atoms. The first kappa shape index (κ1) is 11.2. The summed E-state index contributed by atoms with van der Waals surface area (Å²) in [5.41, 5.74) is 1.25. The first-order chi connectivity index (χ1) is 8.43. The minimum Gasteiger partial charge on any atom is -0.347 e. The van der Waals surface area contributed by atoms with Crippen molar-refractivity contribution in [1.82, 2.24) is 20.2 Å². The van der Waals surface area contributed by atoms with Crippen molar-refractivity contribution in [1.29, 1.82) is 0 Å². The molecule has 1 aromatic heterocycles. The summed E-state index contributed by atoms with van der Waals surface area (Å²) in [6, 6.07) is 1.45. The number of rotatable bonds is 3. The van der Waals surface area contributed by atoms with E-state index in [1.165, 1.54) is 50.9 Å². The highest BCUT2D eigenvalue weighted by molar-refractivity contribution is 4.98. The quantitative estimate of drug-likeness (QED) is 0.833. The molecule has 1 aromatic rings. The Morgan fingerprint density at radius 2 is 2.29 bits per heavy atom. The normalized spacial score (nSPS) is 30.8. The molecule has 0 bridgehead atoms. The van der Waals surface area contributed by atoms with Crippen molar-refractivity contribution in [3.63, 3.8) is 0 Å². The van der Waals surface area contributed by atoms with E-state index in [-0.39, 0.29) is 0 Å². The molecule has 0 aromatic carbocycles. The predicted octanol–water partition coefficient (Wildman–Crippen LogP) is 1.52. The summed E-state index contributed by atoms with van der Waals surface area (Å²) in [7, 11) is 0. The van der Waals surface area contributed by atoms with E-state index in [2.05, 4.69) is 20.2 Å². The van der Waals surface area contributed by atoms with Crippen molar-refractivity contribution in [2.45, 2.75) is 50.7 Å². The molecule has 2 N–H and O–H groups in total. The van der Waals surface area contributed by atoms with Gasteiger partial charge in [0.1, 0.15) is 0 Å². The highest BCUT2D eigenvalue weighted by Crippen LogP contribution is 2.25. The van der Waals surface area contributed by atoms with Crippen LogP contribution < -0.4 is 5.32 Å². The molecule has 3 heterocycles. The monoisotopic (exact) mass is 234 g/mol. The third-order valence-corrected chi connectivity index (χ3v) is 4.16. The number of likely N-dealkylation sites (tertiary alicyclic amines) is 1. The Morgan fingerprint density at radius 3 is 3.06 bits per heavy atom. The van der Waals surface area contributed by atoms with Gasteiger partial charge in [-0.2, -0.15) is 0 Å². The third-order valence-electron chi connectivity index (χ3n) is 4.16. The lowest BCUT2D eigenvalue weighted by Crippen LogP contribution is -2.49. The summed E-state index contributed by atoms with van der Waals surface area (Å²) >= 11 is 0. The van der Waals surface area contributed by atoms with Gasteiger partial charge in [0.05, 0.1) is 6.33 Å². The summed E-state index contributed by atoms with van der Waals surface area (Å²) < 4.78 is 0. The number of aromatic nitrogens is 2. The van der Waals surface area contributed by atoms with E-state index >= 15 is 0 Å². The van der Waals surface area contributed by atoms with Crippen molar-refractivity contribution in [2.75, 3.05) is 13.1 Å². The number of imidazole rings is 1. The van der Waals surface area contributed by atoms with E-state index in [1.54, 1.807) is 6.33 Å². The maximum Gasteiger partial charge on any atom is 0.0922 e. The van der Waals surface area contributed by atoms with Crippen LogP contribution in [0.25, 0.3) is 0 Å². The first-order valence-corrected chi connectivity index (χ1v) is 6.88. The van der Waals surface area contributed by atoms with Crippen LogP contribution in [-0.4, -0.2) is 40.0 Å². The Kier molecular flexibility index (Phi) is 3.43. The SMILES string of the molecule is c1ncc(CN2CCCCC2C2CCCN2)[nH]1. The van der Waals surface area contributed by atoms with Gasteiger partial charge >= 0.3 is 0 Å². The molecular formula is C13H22N4. The van der Waals surface area contributed by atoms with Gasteiger partial charge in [-0.3, -0.25) is 4.90 Å². The lowest BCUT2D eigenvalue weighted by atomic mass is 9.94. The van der Waals surface area contributed by atoms with Gasteiger partial charge < -0.3 is 10.3 Å². The van der Waals surface area contributed by atoms with E-state index < -0.39 is 0 Å². The number of nitrogens with zero attached hydrogens (tertiary/aromatic N) is 2. The van der Waals surface area contributed by atoms with Crippen LogP contribution >= 0.6 is 0 Å². The first-order valence-electron chi connectivity index (χ1n) is 6.88. The third kappa shape index (κ3) is 2.53. The Hall–Kier alpha value is -0.870. The minimum atomic E-state index is 0.721. The summed E-state index contributed by atoms with van der Waals surface area (Å²) in [5.74, 6) is 0. The molecule has 0 radical (unpaired) electrons. The average Bonchev–Trinajstić information content (AvgIpc) is 3.01. The summed E-state index contributed by atoms with van der Waals surface area (Å²) in [6.07, 6.45) is 10.5. The Morgan fingerprint density at radius 1 is 1.29 bits per heavy atom. The smallest absolute Gasteiger partial charge is 0.0922 e. The molecule has 0 aliphatic carbocycles. The standard InChI is InChI=1S/C13H22N4/c1-2-7-17(9-11-8-14-10-16-11)13(5-1)12-4-3-6-15-12/h8,10,12-13,15H,1-7,9H2,(H,14,16). The second-order valence-electron chi connectivity index (χ2n) is 5.31. The van der Waals surface area contributed by atoms with Crippen LogP contribution in [0, 0.1) is 0 Å². The zero-order chi connectivity index (χ0) is 11.5. The molecule has 2 aliphatic rings. The minimum absolute atomic E-state index is 0.721. The van der Waals surface area contributed by atoms with Crippen LogP contribution in [0.3, 0.4) is 0 Å². The van der Waals surface area contributed by atoms with Gasteiger partial charge in [-0.25, -0.2) is 4.98 Å². The van der Waals surface area contributed by atoms with Crippen molar-refractivity contribution in [3.8, 4) is 0 Å². The fraction of sp³-hybridized carbons (Fsp3) is 0.769. The number of nitrogens with one attached hydrogen (secondary N) is 2. The topological polar surface area (TPSA) is 44.0 Å². The van der Waals surface area contributed by atoms with Crippen LogP contribution in [0.1, 0.15) is 37.8 Å². The molecule has 2 fully saturated rings. The highest BCUT2D eigenvalue weighted by atomic mass is 15.2. The van der Waals surface area contributed by atoms with E-state index in [0.29, 0.717) is 0 Å². The van der Waals surface area contributed by atoms with Crippen LogP contribution in [0.4, 0.5) is 0 Å². The predicted molar refractivity (Wildman–Crippen MR) is 67.7 cm³/mol. The molecule has 2 atom stereocenters. The highest BCUT2D eigenvalue weighted by Gasteiger charge is 2.31.